The summed E-state index contributed by atoms with van der Waals surface area (Å²) in [5.41, 5.74) is 25.5. The Labute approximate surface area is 807 Å². The van der Waals surface area contributed by atoms with Crippen molar-refractivity contribution in [2.24, 2.45) is 0 Å². The molecule has 0 N–H and O–H groups in total. The second-order valence-corrected chi connectivity index (χ2v) is 32.1. The first kappa shape index (κ1) is 86.2. The van der Waals surface area contributed by atoms with Gasteiger partial charge in [-0.3, -0.25) is 15.0 Å². The van der Waals surface area contributed by atoms with Crippen LogP contribution in [-0.2, 0) is 0 Å². The van der Waals surface area contributed by atoms with E-state index in [-0.39, 0.29) is 0 Å². The normalized spacial score (nSPS) is 11.8. The van der Waals surface area contributed by atoms with Gasteiger partial charge in [0.15, 0.2) is 57.5 Å². The number of para-hydroxylation sites is 25. The van der Waals surface area contributed by atoms with Crippen LogP contribution in [0, 0.1) is 56.7 Å². The van der Waals surface area contributed by atoms with Gasteiger partial charge < -0.3 is 48.2 Å². The van der Waals surface area contributed by atoms with Crippen molar-refractivity contribution >= 4 is 85.3 Å². The summed E-state index contributed by atoms with van der Waals surface area (Å²) in [5.74, 6) is 7.99. The maximum Gasteiger partial charge on any atom is 0.151 e. The van der Waals surface area contributed by atoms with Gasteiger partial charge in [-0.25, -0.2) is 9.97 Å². The zero-order valence-electron chi connectivity index (χ0n) is 74.6. The van der Waals surface area contributed by atoms with E-state index in [1.54, 1.807) is 55.1 Å². The van der Waals surface area contributed by atoms with Crippen molar-refractivity contribution in [2.75, 3.05) is 24.5 Å². The molecule has 140 heavy (non-hydrogen) atoms. The van der Waals surface area contributed by atoms with Crippen LogP contribution in [0.2, 0.25) is 0 Å². The van der Waals surface area contributed by atoms with Crippen molar-refractivity contribution in [1.29, 1.82) is 26.3 Å². The summed E-state index contributed by atoms with van der Waals surface area (Å²) < 4.78 is 30.6. The zero-order chi connectivity index (χ0) is 94.6. The van der Waals surface area contributed by atoms with Crippen molar-refractivity contribution in [1.82, 2.24) is 24.9 Å². The van der Waals surface area contributed by atoms with Gasteiger partial charge in [-0.1, -0.05) is 218 Å². The van der Waals surface area contributed by atoms with Crippen LogP contribution in [0.25, 0.3) is 56.2 Å². The maximum atomic E-state index is 9.57. The largest absolute Gasteiger partial charge is 0.453 e. The van der Waals surface area contributed by atoms with Crippen LogP contribution in [0.4, 0.5) is 85.3 Å². The van der Waals surface area contributed by atoms with E-state index in [0.717, 1.165) is 193 Å². The molecule has 15 aromatic carbocycles. The quantitative estimate of drug-likeness (QED) is 0.123. The van der Waals surface area contributed by atoms with Gasteiger partial charge >= 0.3 is 0 Å². The summed E-state index contributed by atoms with van der Waals surface area (Å²) in [6.45, 7) is 0. The van der Waals surface area contributed by atoms with Gasteiger partial charge in [-0.05, 0) is 212 Å². The Morgan fingerprint density at radius 1 is 0.193 bits per heavy atom. The van der Waals surface area contributed by atoms with Crippen LogP contribution in [0.5, 0.6) is 57.5 Å². The van der Waals surface area contributed by atoms with Crippen LogP contribution in [0.1, 0.15) is 28.1 Å². The Bertz CT molecular complexity index is 7750. The monoisotopic (exact) mass is 1810 g/mol. The van der Waals surface area contributed by atoms with Crippen molar-refractivity contribution in [3.63, 3.8) is 0 Å². The van der Waals surface area contributed by atoms with E-state index in [0.29, 0.717) is 33.8 Å². The van der Waals surface area contributed by atoms with Gasteiger partial charge in [0, 0.05) is 58.2 Å². The van der Waals surface area contributed by atoms with E-state index in [2.05, 4.69) is 104 Å². The Morgan fingerprint density at radius 2 is 0.500 bits per heavy atom. The maximum absolute atomic E-state index is 9.57. The molecule has 0 saturated carbocycles. The molecule has 20 nitrogen and oxygen atoms in total. The molecule has 5 aliphatic rings. The fourth-order valence-electron chi connectivity index (χ4n) is 17.6. The summed E-state index contributed by atoms with van der Waals surface area (Å²) in [5, 5.41) is 46.7. The topological polar surface area (TPSA) is 246 Å². The second kappa shape index (κ2) is 39.1. The predicted molar refractivity (Wildman–Crippen MR) is 546 cm³/mol. The minimum Gasteiger partial charge on any atom is -0.453 e. The SMILES string of the molecule is N#Cc1ccc(-c2ccccc2N2c3ccccc3Oc3ccccc32)nc1.N#Cc1cccc(-c2ccccc2N2c3ccccc3Oc3ccccc32)n1.N#Cc1cccnc1-c1ccccc1N1c2ccccc2Oc2ccccc21.N#Cc1ccnc(-c2ccccc2N2c3ccccc3Oc3ccccc32)c1.N#Cc1ncccc1-c1ccccc1N1c2ccccc2Oc2ccccc21. The number of fused-ring (bicyclic) bond motifs is 10. The summed E-state index contributed by atoms with van der Waals surface area (Å²) in [6.07, 6.45) is 6.64. The summed E-state index contributed by atoms with van der Waals surface area (Å²) in [7, 11) is 0. The molecule has 0 amide bonds. The van der Waals surface area contributed by atoms with Crippen LogP contribution < -0.4 is 48.2 Å². The highest BCUT2D eigenvalue weighted by atomic mass is 16.5. The van der Waals surface area contributed by atoms with E-state index in [9.17, 15) is 21.0 Å². The van der Waals surface area contributed by atoms with E-state index < -0.39 is 0 Å². The van der Waals surface area contributed by atoms with E-state index in [1.807, 2.05) is 376 Å². The van der Waals surface area contributed by atoms with E-state index in [4.69, 9.17) is 28.9 Å². The van der Waals surface area contributed by atoms with Crippen LogP contribution in [0.15, 0.2) is 455 Å². The third-order valence-electron chi connectivity index (χ3n) is 23.7. The number of hydrogen-bond acceptors (Lipinski definition) is 20. The lowest BCUT2D eigenvalue weighted by Gasteiger charge is -2.34. The minimum absolute atomic E-state index is 0.398. The number of rotatable bonds is 10. The van der Waals surface area contributed by atoms with Crippen molar-refractivity contribution in [3.05, 3.63) is 484 Å². The molecule has 0 fully saturated rings. The van der Waals surface area contributed by atoms with Gasteiger partial charge in [0.05, 0.1) is 131 Å². The molecular weight excluding hydrogens is 1730 g/mol. The molecule has 5 aliphatic heterocycles. The fraction of sp³-hybridized carbons (Fsp3) is 0. The smallest absolute Gasteiger partial charge is 0.151 e. The lowest BCUT2D eigenvalue weighted by atomic mass is 10.00. The first-order valence-corrected chi connectivity index (χ1v) is 44.9. The molecule has 0 radical (unpaired) electrons. The predicted octanol–water partition coefficient (Wildman–Crippen LogP) is 31.0. The molecule has 0 aliphatic carbocycles. The molecule has 0 spiro atoms. The van der Waals surface area contributed by atoms with Gasteiger partial charge in [0.1, 0.15) is 35.7 Å². The average Bonchev–Trinajstić information content (AvgIpc) is 0.762. The Balaban J connectivity index is 0.000000104. The molecule has 0 saturated heterocycles. The highest BCUT2D eigenvalue weighted by molar-refractivity contribution is 5.99. The molecule has 20 heteroatoms. The highest BCUT2D eigenvalue weighted by Gasteiger charge is 2.35. The van der Waals surface area contributed by atoms with Gasteiger partial charge in [-0.2, -0.15) is 26.3 Å². The van der Waals surface area contributed by atoms with Crippen molar-refractivity contribution in [3.8, 4) is 144 Å². The second-order valence-electron chi connectivity index (χ2n) is 32.1. The summed E-state index contributed by atoms with van der Waals surface area (Å²) in [6, 6.07) is 151. The number of nitrogens with zero attached hydrogens (tertiary/aromatic N) is 15. The molecule has 0 unspecified atom stereocenters. The summed E-state index contributed by atoms with van der Waals surface area (Å²) >= 11 is 0. The molecule has 0 bridgehead atoms. The number of aromatic nitrogens is 5. The molecule has 660 valence electrons. The fourth-order valence-corrected chi connectivity index (χ4v) is 17.6. The molecule has 10 heterocycles. The highest BCUT2D eigenvalue weighted by Crippen LogP contribution is 2.59. The zero-order valence-corrected chi connectivity index (χ0v) is 74.6. The number of anilines is 15. The first-order valence-electron chi connectivity index (χ1n) is 44.9. The molecular formula is C120H75N15O5. The standard InChI is InChI=1S/5C24H15N3O/c25-16-17-8-7-10-19(26-17)18-9-1-2-11-20(18)27-21-12-3-5-14-23(21)28-24-15-6-4-13-22(24)27;25-16-17-8-7-15-26-24(17)18-9-1-2-10-19(18)27-20-11-3-5-13-22(20)28-23-14-6-4-12-21(23)27;25-16-19-17(9-7-15-26-19)18-8-1-2-10-20(18)27-21-11-3-5-13-23(21)28-24-14-6-4-12-22(24)27;25-16-17-13-14-26-19(15-17)18-7-1-2-8-20(18)27-21-9-3-5-11-23(21)28-24-12-6-4-10-22(24)27;25-15-17-13-14-19(26-16-17)18-7-1-2-8-20(18)27-21-9-3-5-11-23(21)28-24-12-6-4-10-22(24)27/h4*1-15H;1-14,16H. The van der Waals surface area contributed by atoms with E-state index >= 15 is 0 Å². The van der Waals surface area contributed by atoms with Gasteiger partial charge in [-0.15, -0.1) is 0 Å². The first-order chi connectivity index (χ1) is 69.3. The molecule has 25 rings (SSSR count). The lowest BCUT2D eigenvalue weighted by molar-refractivity contribution is 0.477. The van der Waals surface area contributed by atoms with Crippen molar-refractivity contribution in [2.45, 2.75) is 0 Å². The molecule has 5 aromatic heterocycles. The molecule has 0 atom stereocenters. The van der Waals surface area contributed by atoms with Gasteiger partial charge in [0.25, 0.3) is 0 Å². The van der Waals surface area contributed by atoms with Crippen LogP contribution >= 0.6 is 0 Å². The summed E-state index contributed by atoms with van der Waals surface area (Å²) in [4.78, 5) is 33.2. The number of pyridine rings is 5. The number of hydrogen-bond donors (Lipinski definition) is 0. The number of nitriles is 5. The third-order valence-corrected chi connectivity index (χ3v) is 23.7. The number of ether oxygens (including phenoxy) is 5. The minimum atomic E-state index is 0.398. The lowest BCUT2D eigenvalue weighted by Crippen LogP contribution is -2.16. The average molecular weight is 1810 g/mol. The Hall–Kier alpha value is -20.5. The van der Waals surface area contributed by atoms with Gasteiger partial charge in [0.2, 0.25) is 0 Å². The third kappa shape index (κ3) is 17.0. The Morgan fingerprint density at radius 3 is 0.850 bits per heavy atom. The van der Waals surface area contributed by atoms with Crippen molar-refractivity contribution < 1.29 is 23.7 Å². The Kier molecular flexibility index (Phi) is 24.1. The van der Waals surface area contributed by atoms with Crippen LogP contribution in [0.3, 0.4) is 0 Å². The molecule has 20 aromatic rings. The van der Waals surface area contributed by atoms with Crippen LogP contribution in [-0.4, -0.2) is 24.9 Å². The number of benzene rings is 15. The van der Waals surface area contributed by atoms with E-state index in [1.165, 1.54) is 0 Å².